The van der Waals surface area contributed by atoms with E-state index in [2.05, 4.69) is 20.9 Å². The van der Waals surface area contributed by atoms with Gasteiger partial charge in [0, 0.05) is 31.1 Å². The lowest BCUT2D eigenvalue weighted by atomic mass is 9.92. The first-order chi connectivity index (χ1) is 13.7. The van der Waals surface area contributed by atoms with Gasteiger partial charge < -0.3 is 20.9 Å². The van der Waals surface area contributed by atoms with E-state index in [0.29, 0.717) is 18.7 Å². The Balaban J connectivity index is 1.19. The molecule has 1 aromatic carbocycles. The molecule has 1 aliphatic carbocycles. The molecule has 0 radical (unpaired) electrons. The Kier molecular flexibility index (Phi) is 5.97. The number of carbonyl (C=O) groups is 2. The quantitative estimate of drug-likeness (QED) is 0.666. The minimum Gasteiger partial charge on any atom is -0.352 e. The van der Waals surface area contributed by atoms with Crippen LogP contribution in [0.1, 0.15) is 48.0 Å². The van der Waals surface area contributed by atoms with E-state index in [0.717, 1.165) is 57.5 Å². The number of nitrogens with zero attached hydrogens (tertiary/aromatic N) is 1. The summed E-state index contributed by atoms with van der Waals surface area (Å²) in [5, 5.41) is 9.45. The third-order valence-electron chi connectivity index (χ3n) is 6.70. The van der Waals surface area contributed by atoms with Gasteiger partial charge in [0.15, 0.2) is 0 Å². The Bertz CT molecular complexity index is 691. The topological polar surface area (TPSA) is 73.5 Å². The first-order valence-corrected chi connectivity index (χ1v) is 10.7. The van der Waals surface area contributed by atoms with Crippen LogP contribution in [0, 0.1) is 11.3 Å². The first kappa shape index (κ1) is 19.4. The molecule has 2 aliphatic heterocycles. The van der Waals surface area contributed by atoms with Crippen LogP contribution in [0.5, 0.6) is 0 Å². The second kappa shape index (κ2) is 8.62. The Labute approximate surface area is 167 Å². The zero-order valence-electron chi connectivity index (χ0n) is 16.6. The van der Waals surface area contributed by atoms with Crippen molar-refractivity contribution in [2.75, 3.05) is 39.3 Å². The van der Waals surface area contributed by atoms with Crippen LogP contribution in [-0.2, 0) is 11.3 Å². The van der Waals surface area contributed by atoms with Gasteiger partial charge in [-0.2, -0.15) is 0 Å². The number of carbonyl (C=O) groups excluding carboxylic acids is 2. The van der Waals surface area contributed by atoms with Gasteiger partial charge in [-0.3, -0.25) is 9.59 Å². The molecule has 3 fully saturated rings. The summed E-state index contributed by atoms with van der Waals surface area (Å²) < 4.78 is 0. The molecule has 1 saturated carbocycles. The lowest BCUT2D eigenvalue weighted by Crippen LogP contribution is -2.33. The molecule has 3 aliphatic rings. The van der Waals surface area contributed by atoms with Crippen LogP contribution >= 0.6 is 0 Å². The third kappa shape index (κ3) is 4.55. The molecule has 2 heterocycles. The number of benzene rings is 1. The van der Waals surface area contributed by atoms with E-state index < -0.39 is 0 Å². The van der Waals surface area contributed by atoms with E-state index in [4.69, 9.17) is 0 Å². The van der Waals surface area contributed by atoms with Crippen LogP contribution in [0.15, 0.2) is 24.3 Å². The lowest BCUT2D eigenvalue weighted by molar-refractivity contribution is -0.123. The van der Waals surface area contributed by atoms with Gasteiger partial charge in [-0.05, 0) is 81.4 Å². The fourth-order valence-electron chi connectivity index (χ4n) is 4.72. The monoisotopic (exact) mass is 384 g/mol. The summed E-state index contributed by atoms with van der Waals surface area (Å²) in [4.78, 5) is 27.1. The summed E-state index contributed by atoms with van der Waals surface area (Å²) >= 11 is 0. The van der Waals surface area contributed by atoms with E-state index in [9.17, 15) is 9.59 Å². The van der Waals surface area contributed by atoms with Gasteiger partial charge in [0.1, 0.15) is 0 Å². The van der Waals surface area contributed by atoms with Crippen LogP contribution in [-0.4, -0.2) is 56.0 Å². The van der Waals surface area contributed by atoms with Crippen LogP contribution in [0.4, 0.5) is 0 Å². The van der Waals surface area contributed by atoms with Crippen molar-refractivity contribution < 1.29 is 9.59 Å². The van der Waals surface area contributed by atoms with Gasteiger partial charge in [-0.1, -0.05) is 12.1 Å². The second-order valence-corrected chi connectivity index (χ2v) is 8.59. The fraction of sp³-hybridized carbons (Fsp3) is 0.636. The van der Waals surface area contributed by atoms with Crippen molar-refractivity contribution in [2.24, 2.45) is 11.3 Å². The van der Waals surface area contributed by atoms with Crippen molar-refractivity contribution in [3.05, 3.63) is 35.4 Å². The number of hydrogen-bond donors (Lipinski definition) is 3. The molecule has 6 heteroatoms. The predicted octanol–water partition coefficient (Wildman–Crippen LogP) is 1.52. The molecular weight excluding hydrogens is 352 g/mol. The summed E-state index contributed by atoms with van der Waals surface area (Å²) in [5.74, 6) is 0.349. The third-order valence-corrected chi connectivity index (χ3v) is 6.70. The predicted molar refractivity (Wildman–Crippen MR) is 109 cm³/mol. The van der Waals surface area contributed by atoms with Gasteiger partial charge in [0.25, 0.3) is 5.91 Å². The van der Waals surface area contributed by atoms with Crippen molar-refractivity contribution in [1.29, 1.82) is 0 Å². The molecule has 1 atom stereocenters. The molecule has 3 N–H and O–H groups in total. The van der Waals surface area contributed by atoms with Crippen molar-refractivity contribution >= 4 is 11.8 Å². The first-order valence-electron chi connectivity index (χ1n) is 10.7. The number of likely N-dealkylation sites (tertiary alicyclic amines) is 1. The summed E-state index contributed by atoms with van der Waals surface area (Å²) in [6, 6.07) is 7.56. The smallest absolute Gasteiger partial charge is 0.251 e. The summed E-state index contributed by atoms with van der Waals surface area (Å²) in [5.41, 5.74) is 1.97. The maximum absolute atomic E-state index is 12.5. The van der Waals surface area contributed by atoms with E-state index in [1.54, 1.807) is 0 Å². The highest BCUT2D eigenvalue weighted by Crippen LogP contribution is 2.58. The Morgan fingerprint density at radius 1 is 1.07 bits per heavy atom. The highest BCUT2D eigenvalue weighted by molar-refractivity contribution is 5.94. The number of rotatable bonds is 7. The highest BCUT2D eigenvalue weighted by Gasteiger charge is 2.57. The van der Waals surface area contributed by atoms with E-state index in [1.807, 2.05) is 24.3 Å². The van der Waals surface area contributed by atoms with Crippen molar-refractivity contribution in [1.82, 2.24) is 20.9 Å². The van der Waals surface area contributed by atoms with E-state index in [-0.39, 0.29) is 23.1 Å². The lowest BCUT2D eigenvalue weighted by Gasteiger charge is -2.23. The Hall–Kier alpha value is -1.92. The zero-order valence-corrected chi connectivity index (χ0v) is 16.6. The molecule has 0 aromatic heterocycles. The van der Waals surface area contributed by atoms with E-state index in [1.165, 1.54) is 12.8 Å². The van der Waals surface area contributed by atoms with Crippen molar-refractivity contribution in [3.8, 4) is 0 Å². The minimum absolute atomic E-state index is 0.0272. The molecule has 28 heavy (non-hydrogen) atoms. The molecule has 2 amide bonds. The molecule has 4 rings (SSSR count). The summed E-state index contributed by atoms with van der Waals surface area (Å²) in [6.07, 6.45) is 5.81. The number of hydrogen-bond acceptors (Lipinski definition) is 4. The molecule has 6 nitrogen and oxygen atoms in total. The fourth-order valence-corrected chi connectivity index (χ4v) is 4.72. The molecule has 1 aromatic rings. The normalized spacial score (nSPS) is 23.5. The maximum atomic E-state index is 12.5. The number of piperidine rings is 1. The average Bonchev–Trinajstić information content (AvgIpc) is 3.15. The average molecular weight is 385 g/mol. The second-order valence-electron chi connectivity index (χ2n) is 8.59. The van der Waals surface area contributed by atoms with Gasteiger partial charge >= 0.3 is 0 Å². The van der Waals surface area contributed by atoms with Crippen LogP contribution in [0.2, 0.25) is 0 Å². The highest BCUT2D eigenvalue weighted by atomic mass is 16.2. The van der Waals surface area contributed by atoms with Gasteiger partial charge in [0.2, 0.25) is 5.91 Å². The largest absolute Gasteiger partial charge is 0.352 e. The van der Waals surface area contributed by atoms with Crippen LogP contribution < -0.4 is 16.0 Å². The number of nitrogens with one attached hydrogen (secondary N) is 3. The van der Waals surface area contributed by atoms with Crippen molar-refractivity contribution in [2.45, 2.75) is 38.6 Å². The molecule has 1 spiro atoms. The molecule has 1 unspecified atom stereocenters. The van der Waals surface area contributed by atoms with Gasteiger partial charge in [0.05, 0.1) is 0 Å². The molecule has 2 saturated heterocycles. The Morgan fingerprint density at radius 2 is 1.79 bits per heavy atom. The summed E-state index contributed by atoms with van der Waals surface area (Å²) in [7, 11) is 0. The maximum Gasteiger partial charge on any atom is 0.251 e. The van der Waals surface area contributed by atoms with E-state index >= 15 is 0 Å². The minimum atomic E-state index is -0.0272. The van der Waals surface area contributed by atoms with Crippen molar-refractivity contribution in [3.63, 3.8) is 0 Å². The van der Waals surface area contributed by atoms with Crippen LogP contribution in [0.25, 0.3) is 0 Å². The van der Waals surface area contributed by atoms with Gasteiger partial charge in [-0.25, -0.2) is 0 Å². The van der Waals surface area contributed by atoms with Crippen LogP contribution in [0.3, 0.4) is 0 Å². The molecule has 0 bridgehead atoms. The Morgan fingerprint density at radius 3 is 2.50 bits per heavy atom. The molecular formula is C22H32N4O2. The van der Waals surface area contributed by atoms with Gasteiger partial charge in [-0.15, -0.1) is 0 Å². The zero-order chi connectivity index (χ0) is 19.4. The standard InChI is InChI=1S/C22H32N4O2/c27-20(24-11-14-26-12-1-2-13-26)18-5-3-17(4-6-18)16-25-21(28)19-15-22(19)7-9-23-10-8-22/h3-6,19,23H,1-2,7-16H2,(H,24,27)(H,25,28). The SMILES string of the molecule is O=C(NCCN1CCCC1)c1ccc(CNC(=O)C2CC23CCNCC3)cc1. The molecule has 152 valence electrons. The summed E-state index contributed by atoms with van der Waals surface area (Å²) in [6.45, 7) is 6.51. The number of amides is 2.